The molecule has 248 valence electrons. The number of rotatable bonds is 15. The predicted octanol–water partition coefficient (Wildman–Crippen LogP) is 8.04. The van der Waals surface area contributed by atoms with E-state index in [0.29, 0.717) is 18.2 Å². The molecule has 44 heavy (non-hydrogen) atoms. The Morgan fingerprint density at radius 1 is 1.14 bits per heavy atom. The average molecular weight is 641 g/mol. The number of hydrogen-bond acceptors (Lipinski definition) is 7. The van der Waals surface area contributed by atoms with Gasteiger partial charge in [0.25, 0.3) is 0 Å². The van der Waals surface area contributed by atoms with Crippen LogP contribution in [0, 0.1) is 5.92 Å². The molecule has 1 aliphatic carbocycles. The number of anilines is 3. The van der Waals surface area contributed by atoms with Gasteiger partial charge in [0.15, 0.2) is 5.69 Å². The van der Waals surface area contributed by atoms with Crippen LogP contribution in [0.1, 0.15) is 70.1 Å². The third-order valence-corrected chi connectivity index (χ3v) is 9.82. The molecule has 0 radical (unpaired) electrons. The lowest BCUT2D eigenvalue weighted by atomic mass is 9.90. The highest BCUT2D eigenvalue weighted by Gasteiger charge is 2.35. The lowest BCUT2D eigenvalue weighted by molar-refractivity contribution is -0.141. The van der Waals surface area contributed by atoms with Crippen LogP contribution >= 0.6 is 0 Å². The molecule has 1 saturated carbocycles. The van der Waals surface area contributed by atoms with Crippen LogP contribution in [0.25, 0.3) is 0 Å². The van der Waals surface area contributed by atoms with Gasteiger partial charge in [0, 0.05) is 40.6 Å². The standard InChI is InChI=1S/C32H51F3N4O4Si/c1-22(2)19-39(25-10-12-26(41-4)13-11-25)28-14-9-24(23(3)17-30(40)42-5)18-27(28)36-31-37-29(32(33,34)35)20-38(31)21-43-15-16-44(6,7)8/h9,14,18,20,22-23,25-26H,10-13,15-17,19,21H2,1-8H3,(H,36,37). The predicted molar refractivity (Wildman–Crippen MR) is 171 cm³/mol. The Labute approximate surface area is 261 Å². The van der Waals surface area contributed by atoms with E-state index in [0.717, 1.165) is 55.7 Å². The van der Waals surface area contributed by atoms with Crippen molar-refractivity contribution in [3.05, 3.63) is 35.7 Å². The molecule has 1 N–H and O–H groups in total. The third kappa shape index (κ3) is 10.5. The lowest BCUT2D eigenvalue weighted by Gasteiger charge is -2.40. The van der Waals surface area contributed by atoms with Gasteiger partial charge in [-0.05, 0) is 61.3 Å². The minimum Gasteiger partial charge on any atom is -0.469 e. The van der Waals surface area contributed by atoms with Gasteiger partial charge in [0.2, 0.25) is 5.95 Å². The summed E-state index contributed by atoms with van der Waals surface area (Å²) in [7, 11) is 1.73. The van der Waals surface area contributed by atoms with E-state index in [9.17, 15) is 18.0 Å². The highest BCUT2D eigenvalue weighted by Crippen LogP contribution is 2.38. The number of alkyl halides is 3. The highest BCUT2D eigenvalue weighted by molar-refractivity contribution is 6.76. The molecule has 1 fully saturated rings. The Balaban J connectivity index is 2.04. The van der Waals surface area contributed by atoms with E-state index >= 15 is 0 Å². The molecule has 0 amide bonds. The van der Waals surface area contributed by atoms with Crippen molar-refractivity contribution < 1.29 is 32.2 Å². The maximum atomic E-state index is 13.8. The first-order chi connectivity index (χ1) is 20.6. The van der Waals surface area contributed by atoms with Gasteiger partial charge in [-0.2, -0.15) is 13.2 Å². The van der Waals surface area contributed by atoms with Crippen molar-refractivity contribution >= 4 is 31.4 Å². The van der Waals surface area contributed by atoms with E-state index in [-0.39, 0.29) is 43.1 Å². The second-order valence-corrected chi connectivity index (χ2v) is 19.2. The van der Waals surface area contributed by atoms with Crippen molar-refractivity contribution in [1.82, 2.24) is 9.55 Å². The summed E-state index contributed by atoms with van der Waals surface area (Å²) >= 11 is 0. The monoisotopic (exact) mass is 640 g/mol. The molecule has 1 atom stereocenters. The number of halogens is 3. The van der Waals surface area contributed by atoms with Crippen molar-refractivity contribution in [3.63, 3.8) is 0 Å². The molecule has 1 heterocycles. The van der Waals surface area contributed by atoms with Crippen LogP contribution in [-0.2, 0) is 31.9 Å². The molecule has 0 bridgehead atoms. The fraction of sp³-hybridized carbons (Fsp3) is 0.688. The summed E-state index contributed by atoms with van der Waals surface area (Å²) < 4.78 is 59.3. The molecule has 0 spiro atoms. The van der Waals surface area contributed by atoms with Gasteiger partial charge in [0.05, 0.1) is 31.0 Å². The number of carbonyl (C=O) groups is 1. The largest absolute Gasteiger partial charge is 0.469 e. The molecular weight excluding hydrogens is 589 g/mol. The van der Waals surface area contributed by atoms with Crippen molar-refractivity contribution in [2.45, 2.75) is 110 Å². The molecule has 2 aromatic rings. The van der Waals surface area contributed by atoms with E-state index in [2.05, 4.69) is 48.7 Å². The Kier molecular flexibility index (Phi) is 12.7. The first kappa shape index (κ1) is 35.9. The molecule has 0 aliphatic heterocycles. The first-order valence-corrected chi connectivity index (χ1v) is 19.3. The SMILES string of the molecule is COC(=O)CC(C)c1ccc(N(CC(C)C)C2CCC(OC)CC2)c(Nc2nc(C(F)(F)F)cn2COCC[Si](C)(C)C)c1. The number of imidazole rings is 1. The summed E-state index contributed by atoms with van der Waals surface area (Å²) in [6.07, 6.45) is 0.597. The Morgan fingerprint density at radius 2 is 1.82 bits per heavy atom. The fourth-order valence-corrected chi connectivity index (χ4v) is 6.26. The summed E-state index contributed by atoms with van der Waals surface area (Å²) in [5, 5.41) is 3.26. The normalized spacial score (nSPS) is 18.4. The molecule has 1 aromatic carbocycles. The van der Waals surface area contributed by atoms with Crippen LogP contribution in [0.2, 0.25) is 25.7 Å². The summed E-state index contributed by atoms with van der Waals surface area (Å²) in [6.45, 7) is 14.1. The number of ether oxygens (including phenoxy) is 3. The Morgan fingerprint density at radius 3 is 2.39 bits per heavy atom. The van der Waals surface area contributed by atoms with E-state index < -0.39 is 19.9 Å². The van der Waals surface area contributed by atoms with E-state index in [1.807, 2.05) is 25.1 Å². The number of methoxy groups -OCH3 is 2. The summed E-state index contributed by atoms with van der Waals surface area (Å²) in [5.74, 6) is -0.0900. The smallest absolute Gasteiger partial charge is 0.434 e. The Hall–Kier alpha value is -2.57. The van der Waals surface area contributed by atoms with Crippen LogP contribution in [0.5, 0.6) is 0 Å². The summed E-state index contributed by atoms with van der Waals surface area (Å²) in [5.41, 5.74) is 1.41. The summed E-state index contributed by atoms with van der Waals surface area (Å²) in [6, 6.07) is 7.08. The highest BCUT2D eigenvalue weighted by atomic mass is 28.3. The topological polar surface area (TPSA) is 77.9 Å². The van der Waals surface area contributed by atoms with Crippen molar-refractivity contribution in [3.8, 4) is 0 Å². The minimum atomic E-state index is -4.61. The molecular formula is C32H51F3N4O4Si. The van der Waals surface area contributed by atoms with Crippen LogP contribution in [-0.4, -0.2) is 63.1 Å². The molecule has 3 rings (SSSR count). The maximum absolute atomic E-state index is 13.8. The first-order valence-electron chi connectivity index (χ1n) is 15.6. The van der Waals surface area contributed by atoms with Crippen molar-refractivity contribution in [2.24, 2.45) is 5.92 Å². The van der Waals surface area contributed by atoms with Gasteiger partial charge >= 0.3 is 12.1 Å². The number of benzene rings is 1. The number of nitrogens with one attached hydrogen (secondary N) is 1. The number of aromatic nitrogens is 2. The van der Waals surface area contributed by atoms with Gasteiger partial charge < -0.3 is 24.4 Å². The number of nitrogens with zero attached hydrogens (tertiary/aromatic N) is 3. The third-order valence-electron chi connectivity index (χ3n) is 8.12. The number of hydrogen-bond donors (Lipinski definition) is 1. The zero-order chi connectivity index (χ0) is 32.7. The lowest BCUT2D eigenvalue weighted by Crippen LogP contribution is -2.41. The molecule has 1 aliphatic rings. The molecule has 12 heteroatoms. The fourth-order valence-electron chi connectivity index (χ4n) is 5.50. The van der Waals surface area contributed by atoms with E-state index in [1.165, 1.54) is 11.7 Å². The molecule has 0 saturated heterocycles. The van der Waals surface area contributed by atoms with Crippen LogP contribution < -0.4 is 10.2 Å². The quantitative estimate of drug-likeness (QED) is 0.120. The molecule has 1 aromatic heterocycles. The van der Waals surface area contributed by atoms with Crippen molar-refractivity contribution in [2.75, 3.05) is 37.6 Å². The zero-order valence-corrected chi connectivity index (χ0v) is 28.6. The average Bonchev–Trinajstić information content (AvgIpc) is 3.36. The van der Waals surface area contributed by atoms with Gasteiger partial charge in [-0.1, -0.05) is 46.5 Å². The maximum Gasteiger partial charge on any atom is 0.434 e. The van der Waals surface area contributed by atoms with Gasteiger partial charge in [-0.15, -0.1) is 0 Å². The van der Waals surface area contributed by atoms with E-state index in [1.54, 1.807) is 7.11 Å². The second kappa shape index (κ2) is 15.6. The zero-order valence-electron chi connectivity index (χ0n) is 27.6. The number of carbonyl (C=O) groups excluding carboxylic acids is 1. The number of esters is 1. The van der Waals surface area contributed by atoms with Crippen LogP contribution in [0.4, 0.5) is 30.5 Å². The molecule has 8 nitrogen and oxygen atoms in total. The Bertz CT molecular complexity index is 1210. The van der Waals surface area contributed by atoms with Crippen LogP contribution in [0.15, 0.2) is 24.4 Å². The van der Waals surface area contributed by atoms with Crippen LogP contribution in [0.3, 0.4) is 0 Å². The van der Waals surface area contributed by atoms with Gasteiger partial charge in [-0.25, -0.2) is 4.98 Å². The van der Waals surface area contributed by atoms with Gasteiger partial charge in [0.1, 0.15) is 6.73 Å². The van der Waals surface area contributed by atoms with E-state index in [4.69, 9.17) is 14.2 Å². The minimum absolute atomic E-state index is 0.0527. The van der Waals surface area contributed by atoms with Crippen molar-refractivity contribution in [1.29, 1.82) is 0 Å². The molecule has 1 unspecified atom stereocenters. The van der Waals surface area contributed by atoms with Gasteiger partial charge in [-0.3, -0.25) is 9.36 Å². The summed E-state index contributed by atoms with van der Waals surface area (Å²) in [4.78, 5) is 18.4. The second-order valence-electron chi connectivity index (χ2n) is 13.6.